The largest absolute Gasteiger partial charge is 0.411 e. The van der Waals surface area contributed by atoms with Crippen molar-refractivity contribution in [2.24, 2.45) is 0 Å². The highest BCUT2D eigenvalue weighted by molar-refractivity contribution is 7.99. The smallest absolute Gasteiger partial charge is 0.277 e. The highest BCUT2D eigenvalue weighted by Gasteiger charge is 2.26. The number of thioether (sulfide) groups is 1. The number of hydrogen-bond acceptors (Lipinski definition) is 8. The molecule has 0 spiro atoms. The van der Waals surface area contributed by atoms with Gasteiger partial charge in [0.25, 0.3) is 5.22 Å². The van der Waals surface area contributed by atoms with Crippen LogP contribution in [0.25, 0.3) is 11.5 Å². The number of nitrogens with zero attached hydrogens (tertiary/aromatic N) is 4. The van der Waals surface area contributed by atoms with Crippen LogP contribution in [-0.2, 0) is 19.6 Å². The zero-order valence-electron chi connectivity index (χ0n) is 16.5. The molecule has 2 saturated heterocycles. The second-order valence-corrected chi connectivity index (χ2v) is 10.0. The highest BCUT2D eigenvalue weighted by atomic mass is 32.2. The minimum atomic E-state index is -3.54. The van der Waals surface area contributed by atoms with Crippen LogP contribution in [0.5, 0.6) is 0 Å². The van der Waals surface area contributed by atoms with Gasteiger partial charge in [-0.25, -0.2) is 8.42 Å². The number of rotatable bonds is 6. The molecule has 1 aromatic carbocycles. The fourth-order valence-electron chi connectivity index (χ4n) is 3.46. The van der Waals surface area contributed by atoms with Gasteiger partial charge in [-0.1, -0.05) is 24.2 Å². The van der Waals surface area contributed by atoms with Crippen molar-refractivity contribution in [2.75, 3.05) is 45.1 Å². The molecule has 0 bridgehead atoms. The Morgan fingerprint density at radius 1 is 1.07 bits per heavy atom. The van der Waals surface area contributed by atoms with E-state index >= 15 is 0 Å². The predicted molar refractivity (Wildman–Crippen MR) is 110 cm³/mol. The number of morpholine rings is 1. The van der Waals surface area contributed by atoms with Gasteiger partial charge in [0, 0.05) is 31.7 Å². The Morgan fingerprint density at radius 3 is 2.60 bits per heavy atom. The lowest BCUT2D eigenvalue weighted by Gasteiger charge is -2.26. The first-order chi connectivity index (χ1) is 14.5. The molecular weight excluding hydrogens is 428 g/mol. The van der Waals surface area contributed by atoms with Gasteiger partial charge in [0.2, 0.25) is 21.8 Å². The van der Waals surface area contributed by atoms with Crippen molar-refractivity contribution in [1.29, 1.82) is 0 Å². The number of aromatic nitrogens is 2. The number of carbonyl (C=O) groups excluding carboxylic acids is 1. The van der Waals surface area contributed by atoms with Gasteiger partial charge in [-0.05, 0) is 31.0 Å². The van der Waals surface area contributed by atoms with E-state index in [0.717, 1.165) is 19.3 Å². The summed E-state index contributed by atoms with van der Waals surface area (Å²) >= 11 is 1.17. The fraction of sp³-hybridized carbons (Fsp3) is 0.526. The molecule has 0 saturated carbocycles. The summed E-state index contributed by atoms with van der Waals surface area (Å²) in [5.41, 5.74) is 0.534. The molecule has 2 aromatic rings. The molecule has 9 nitrogen and oxygen atoms in total. The standard InChI is InChI=1S/C19H24N4O5S2/c24-17(22-9-11-27-12-10-22)14-29-19-21-20-18(28-19)15-5-4-6-16(13-15)30(25,26)23-7-2-1-3-8-23/h4-6,13H,1-3,7-12,14H2. The van der Waals surface area contributed by atoms with Crippen molar-refractivity contribution >= 4 is 27.7 Å². The molecule has 3 heterocycles. The van der Waals surface area contributed by atoms with E-state index in [0.29, 0.717) is 45.0 Å². The number of hydrogen-bond donors (Lipinski definition) is 0. The van der Waals surface area contributed by atoms with Gasteiger partial charge in [0.15, 0.2) is 0 Å². The van der Waals surface area contributed by atoms with Gasteiger partial charge in [-0.15, -0.1) is 10.2 Å². The molecule has 1 amide bonds. The Hall–Kier alpha value is -1.95. The summed E-state index contributed by atoms with van der Waals surface area (Å²) in [5, 5.41) is 8.28. The van der Waals surface area contributed by atoms with Crippen LogP contribution in [0, 0.1) is 0 Å². The van der Waals surface area contributed by atoms with Gasteiger partial charge in [-0.2, -0.15) is 4.31 Å². The molecule has 0 atom stereocenters. The van der Waals surface area contributed by atoms with Crippen molar-refractivity contribution < 1.29 is 22.4 Å². The van der Waals surface area contributed by atoms with Crippen LogP contribution in [0.2, 0.25) is 0 Å². The van der Waals surface area contributed by atoms with Gasteiger partial charge in [0.1, 0.15) is 0 Å². The van der Waals surface area contributed by atoms with E-state index in [4.69, 9.17) is 9.15 Å². The monoisotopic (exact) mass is 452 g/mol. The van der Waals surface area contributed by atoms with E-state index in [2.05, 4.69) is 10.2 Å². The van der Waals surface area contributed by atoms with Crippen LogP contribution in [0.1, 0.15) is 19.3 Å². The van der Waals surface area contributed by atoms with Crippen LogP contribution in [0.4, 0.5) is 0 Å². The molecule has 4 rings (SSSR count). The molecule has 0 unspecified atom stereocenters. The number of sulfonamides is 1. The number of piperidine rings is 1. The van der Waals surface area contributed by atoms with Crippen LogP contribution in [0.3, 0.4) is 0 Å². The third kappa shape index (κ3) is 4.85. The van der Waals surface area contributed by atoms with Crippen molar-refractivity contribution in [2.45, 2.75) is 29.4 Å². The predicted octanol–water partition coefficient (Wildman–Crippen LogP) is 1.86. The molecule has 0 aliphatic carbocycles. The normalized spacial score (nSPS) is 18.5. The summed E-state index contributed by atoms with van der Waals surface area (Å²) in [4.78, 5) is 14.2. The number of benzene rings is 1. The van der Waals surface area contributed by atoms with E-state index in [-0.39, 0.29) is 27.7 Å². The summed E-state index contributed by atoms with van der Waals surface area (Å²) in [6.07, 6.45) is 2.82. The summed E-state index contributed by atoms with van der Waals surface area (Å²) in [7, 11) is -3.54. The molecule has 30 heavy (non-hydrogen) atoms. The number of amides is 1. The van der Waals surface area contributed by atoms with Crippen molar-refractivity contribution in [3.8, 4) is 11.5 Å². The van der Waals surface area contributed by atoms with Gasteiger partial charge >= 0.3 is 0 Å². The maximum atomic E-state index is 12.9. The number of carbonyl (C=O) groups is 1. The Morgan fingerprint density at radius 2 is 1.83 bits per heavy atom. The Labute approximate surface area is 179 Å². The maximum Gasteiger partial charge on any atom is 0.277 e. The van der Waals surface area contributed by atoms with Crippen LogP contribution >= 0.6 is 11.8 Å². The van der Waals surface area contributed by atoms with Crippen LogP contribution in [-0.4, -0.2) is 78.9 Å². The minimum Gasteiger partial charge on any atom is -0.411 e. The zero-order valence-corrected chi connectivity index (χ0v) is 18.2. The minimum absolute atomic E-state index is 0.00216. The van der Waals surface area contributed by atoms with E-state index in [9.17, 15) is 13.2 Å². The Balaban J connectivity index is 1.43. The number of ether oxygens (including phenoxy) is 1. The van der Waals surface area contributed by atoms with Crippen LogP contribution in [0.15, 0.2) is 38.8 Å². The molecular formula is C19H24N4O5S2. The summed E-state index contributed by atoms with van der Waals surface area (Å²) in [6, 6.07) is 6.55. The van der Waals surface area contributed by atoms with Crippen molar-refractivity contribution in [3.05, 3.63) is 24.3 Å². The molecule has 2 aliphatic heterocycles. The highest BCUT2D eigenvalue weighted by Crippen LogP contribution is 2.27. The molecule has 0 N–H and O–H groups in total. The van der Waals surface area contributed by atoms with Gasteiger partial charge in [-0.3, -0.25) is 4.79 Å². The molecule has 1 aromatic heterocycles. The lowest BCUT2D eigenvalue weighted by atomic mass is 10.2. The third-order valence-corrected chi connectivity index (χ3v) is 7.82. The summed E-state index contributed by atoms with van der Waals surface area (Å²) in [6.45, 7) is 3.38. The summed E-state index contributed by atoms with van der Waals surface area (Å²) in [5.74, 6) is 0.426. The van der Waals surface area contributed by atoms with Gasteiger partial charge in [0.05, 0.1) is 23.9 Å². The average molecular weight is 453 g/mol. The lowest BCUT2D eigenvalue weighted by Crippen LogP contribution is -2.41. The second kappa shape index (κ2) is 9.46. The fourth-order valence-corrected chi connectivity index (χ4v) is 5.69. The summed E-state index contributed by atoms with van der Waals surface area (Å²) < 4.78 is 38.3. The SMILES string of the molecule is O=C(CSc1nnc(-c2cccc(S(=O)(=O)N3CCCCC3)c2)o1)N1CCOCC1. The van der Waals surface area contributed by atoms with E-state index in [1.807, 2.05) is 0 Å². The first-order valence-electron chi connectivity index (χ1n) is 9.96. The topological polar surface area (TPSA) is 106 Å². The third-order valence-electron chi connectivity index (χ3n) is 5.12. The first kappa shape index (κ1) is 21.3. The Kier molecular flexibility index (Phi) is 6.71. The molecule has 2 fully saturated rings. The van der Waals surface area contributed by atoms with Crippen LogP contribution < -0.4 is 0 Å². The second-order valence-electron chi connectivity index (χ2n) is 7.15. The lowest BCUT2D eigenvalue weighted by molar-refractivity contribution is -0.132. The zero-order chi connectivity index (χ0) is 21.0. The molecule has 162 valence electrons. The maximum absolute atomic E-state index is 12.9. The van der Waals surface area contributed by atoms with Crippen molar-refractivity contribution in [1.82, 2.24) is 19.4 Å². The van der Waals surface area contributed by atoms with Crippen molar-refractivity contribution in [3.63, 3.8) is 0 Å². The molecule has 11 heteroatoms. The first-order valence-corrected chi connectivity index (χ1v) is 12.4. The quantitative estimate of drug-likeness (QED) is 0.612. The molecule has 0 radical (unpaired) electrons. The van der Waals surface area contributed by atoms with E-state index in [1.54, 1.807) is 29.2 Å². The Bertz CT molecular complexity index is 982. The molecule has 2 aliphatic rings. The van der Waals surface area contributed by atoms with E-state index in [1.165, 1.54) is 16.1 Å². The average Bonchev–Trinajstić information content (AvgIpc) is 3.28. The van der Waals surface area contributed by atoms with Gasteiger partial charge < -0.3 is 14.1 Å². The van der Waals surface area contributed by atoms with E-state index < -0.39 is 10.0 Å².